The van der Waals surface area contributed by atoms with Crippen molar-refractivity contribution in [3.05, 3.63) is 72.8 Å². The molecule has 4 heteroatoms. The van der Waals surface area contributed by atoms with Crippen molar-refractivity contribution in [2.24, 2.45) is 0 Å². The Hall–Kier alpha value is -2.59. The first-order valence-electron chi connectivity index (χ1n) is 7.60. The lowest BCUT2D eigenvalue weighted by Gasteiger charge is -2.11. The lowest BCUT2D eigenvalue weighted by Crippen LogP contribution is -1.92. The maximum atomic E-state index is 5.34. The summed E-state index contributed by atoms with van der Waals surface area (Å²) in [5, 5.41) is 0. The molecule has 3 nitrogen and oxygen atoms in total. The predicted octanol–water partition coefficient (Wildman–Crippen LogP) is 5.49. The van der Waals surface area contributed by atoms with E-state index in [-0.39, 0.29) is 0 Å². The Morgan fingerprint density at radius 1 is 0.708 bits per heavy atom. The second kappa shape index (κ2) is 7.79. The number of hydrogen-bond acceptors (Lipinski definition) is 4. The van der Waals surface area contributed by atoms with Crippen molar-refractivity contribution in [2.45, 2.75) is 4.90 Å². The number of benzene rings is 3. The molecule has 0 aromatic heterocycles. The molecule has 24 heavy (non-hydrogen) atoms. The van der Waals surface area contributed by atoms with Gasteiger partial charge in [-0.1, -0.05) is 42.5 Å². The summed E-state index contributed by atoms with van der Waals surface area (Å²) in [7, 11) is 3.28. The number of rotatable bonds is 6. The maximum Gasteiger partial charge on any atom is 0.161 e. The van der Waals surface area contributed by atoms with Crippen LogP contribution in [0, 0.1) is 0 Å². The molecule has 3 aromatic rings. The number of hydrogen-bond donors (Lipinski definition) is 1. The van der Waals surface area contributed by atoms with Crippen molar-refractivity contribution >= 4 is 17.6 Å². The van der Waals surface area contributed by atoms with Gasteiger partial charge in [-0.05, 0) is 53.4 Å². The molecule has 0 aliphatic heterocycles. The fourth-order valence-electron chi connectivity index (χ4n) is 2.39. The summed E-state index contributed by atoms with van der Waals surface area (Å²) in [6.07, 6.45) is 0. The molecule has 0 fully saturated rings. The van der Waals surface area contributed by atoms with Gasteiger partial charge in [0, 0.05) is 10.6 Å². The SMILES string of the molecule is COc1ccc(SNc2cccc(-c3ccccc3)c2)cc1OC. The molecule has 0 saturated heterocycles. The van der Waals surface area contributed by atoms with Gasteiger partial charge in [-0.25, -0.2) is 0 Å². The quantitative estimate of drug-likeness (QED) is 0.603. The molecule has 0 bridgehead atoms. The first kappa shape index (κ1) is 16.3. The van der Waals surface area contributed by atoms with Gasteiger partial charge in [-0.15, -0.1) is 0 Å². The topological polar surface area (TPSA) is 30.5 Å². The zero-order valence-electron chi connectivity index (χ0n) is 13.7. The van der Waals surface area contributed by atoms with Crippen LogP contribution in [0.2, 0.25) is 0 Å². The van der Waals surface area contributed by atoms with E-state index in [9.17, 15) is 0 Å². The third kappa shape index (κ3) is 3.84. The largest absolute Gasteiger partial charge is 0.493 e. The van der Waals surface area contributed by atoms with E-state index in [0.717, 1.165) is 22.1 Å². The Labute approximate surface area is 146 Å². The molecule has 0 heterocycles. The van der Waals surface area contributed by atoms with Crippen molar-refractivity contribution in [1.29, 1.82) is 0 Å². The van der Waals surface area contributed by atoms with E-state index < -0.39 is 0 Å². The molecule has 0 unspecified atom stereocenters. The minimum Gasteiger partial charge on any atom is -0.493 e. The molecule has 0 aliphatic carbocycles. The van der Waals surface area contributed by atoms with Gasteiger partial charge in [0.15, 0.2) is 11.5 Å². The molecule has 0 spiro atoms. The van der Waals surface area contributed by atoms with Crippen LogP contribution in [0.3, 0.4) is 0 Å². The van der Waals surface area contributed by atoms with Crippen LogP contribution < -0.4 is 14.2 Å². The van der Waals surface area contributed by atoms with Crippen LogP contribution in [-0.4, -0.2) is 14.2 Å². The van der Waals surface area contributed by atoms with Crippen LogP contribution in [0.4, 0.5) is 5.69 Å². The Bertz CT molecular complexity index is 806. The lowest BCUT2D eigenvalue weighted by atomic mass is 10.1. The zero-order chi connectivity index (χ0) is 16.8. The van der Waals surface area contributed by atoms with E-state index in [1.54, 1.807) is 26.2 Å². The van der Waals surface area contributed by atoms with Crippen molar-refractivity contribution in [3.8, 4) is 22.6 Å². The second-order valence-electron chi connectivity index (χ2n) is 5.17. The number of methoxy groups -OCH3 is 2. The molecule has 1 N–H and O–H groups in total. The Morgan fingerprint density at radius 2 is 1.46 bits per heavy atom. The molecule has 0 atom stereocenters. The molecule has 0 amide bonds. The van der Waals surface area contributed by atoms with Gasteiger partial charge in [-0.3, -0.25) is 0 Å². The number of anilines is 1. The fraction of sp³-hybridized carbons (Fsp3) is 0.100. The highest BCUT2D eigenvalue weighted by atomic mass is 32.2. The van der Waals surface area contributed by atoms with E-state index in [0.29, 0.717) is 0 Å². The summed E-state index contributed by atoms with van der Waals surface area (Å²) in [6, 6.07) is 24.6. The first-order chi connectivity index (χ1) is 11.8. The summed E-state index contributed by atoms with van der Waals surface area (Å²) in [4.78, 5) is 1.05. The van der Waals surface area contributed by atoms with Gasteiger partial charge in [0.1, 0.15) is 0 Å². The second-order valence-corrected chi connectivity index (χ2v) is 6.05. The van der Waals surface area contributed by atoms with Crippen LogP contribution in [0.25, 0.3) is 11.1 Å². The van der Waals surface area contributed by atoms with Crippen LogP contribution in [0.5, 0.6) is 11.5 Å². The zero-order valence-corrected chi connectivity index (χ0v) is 14.5. The van der Waals surface area contributed by atoms with Gasteiger partial charge >= 0.3 is 0 Å². The summed E-state index contributed by atoms with van der Waals surface area (Å²) in [6.45, 7) is 0. The highest BCUT2D eigenvalue weighted by molar-refractivity contribution is 8.00. The molecule has 0 radical (unpaired) electrons. The van der Waals surface area contributed by atoms with Gasteiger partial charge in [0.2, 0.25) is 0 Å². The molecular weight excluding hydrogens is 318 g/mol. The van der Waals surface area contributed by atoms with Gasteiger partial charge < -0.3 is 14.2 Å². The van der Waals surface area contributed by atoms with Crippen LogP contribution in [0.15, 0.2) is 77.7 Å². The van der Waals surface area contributed by atoms with E-state index in [1.807, 2.05) is 36.4 Å². The number of ether oxygens (including phenoxy) is 2. The normalized spacial score (nSPS) is 10.2. The average Bonchev–Trinajstić information content (AvgIpc) is 2.67. The predicted molar refractivity (Wildman–Crippen MR) is 101 cm³/mol. The Balaban J connectivity index is 1.73. The van der Waals surface area contributed by atoms with E-state index >= 15 is 0 Å². The van der Waals surface area contributed by atoms with Crippen molar-refractivity contribution in [1.82, 2.24) is 0 Å². The minimum absolute atomic E-state index is 0.724. The fourth-order valence-corrected chi connectivity index (χ4v) is 3.06. The molecular formula is C20H19NO2S. The highest BCUT2D eigenvalue weighted by Crippen LogP contribution is 2.32. The third-order valence-electron chi connectivity index (χ3n) is 3.61. The van der Waals surface area contributed by atoms with Crippen LogP contribution >= 0.6 is 11.9 Å². The smallest absolute Gasteiger partial charge is 0.161 e. The van der Waals surface area contributed by atoms with Crippen molar-refractivity contribution in [2.75, 3.05) is 18.9 Å². The van der Waals surface area contributed by atoms with E-state index in [2.05, 4.69) is 41.1 Å². The maximum absolute atomic E-state index is 5.34. The monoisotopic (exact) mass is 337 g/mol. The summed E-state index contributed by atoms with van der Waals surface area (Å²) >= 11 is 1.54. The van der Waals surface area contributed by atoms with Crippen molar-refractivity contribution < 1.29 is 9.47 Å². The lowest BCUT2D eigenvalue weighted by molar-refractivity contribution is 0.354. The Kier molecular flexibility index (Phi) is 5.29. The van der Waals surface area contributed by atoms with E-state index in [1.165, 1.54) is 11.1 Å². The summed E-state index contributed by atoms with van der Waals surface area (Å²) in [5.41, 5.74) is 3.45. The van der Waals surface area contributed by atoms with Gasteiger partial charge in [-0.2, -0.15) is 0 Å². The average molecular weight is 337 g/mol. The molecule has 122 valence electrons. The molecule has 3 rings (SSSR count). The minimum atomic E-state index is 0.724. The van der Waals surface area contributed by atoms with Gasteiger partial charge in [0.05, 0.1) is 14.2 Å². The molecule has 3 aromatic carbocycles. The summed E-state index contributed by atoms with van der Waals surface area (Å²) < 4.78 is 14.0. The van der Waals surface area contributed by atoms with E-state index in [4.69, 9.17) is 9.47 Å². The van der Waals surface area contributed by atoms with Gasteiger partial charge in [0.25, 0.3) is 0 Å². The standard InChI is InChI=1S/C20H19NO2S/c1-22-19-12-11-18(14-20(19)23-2)24-21-17-10-6-9-16(13-17)15-7-4-3-5-8-15/h3-14,21H,1-2H3. The Morgan fingerprint density at radius 3 is 2.21 bits per heavy atom. The molecule has 0 aliphatic rings. The first-order valence-corrected chi connectivity index (χ1v) is 8.42. The summed E-state index contributed by atoms with van der Waals surface area (Å²) in [5.74, 6) is 1.45. The molecule has 0 saturated carbocycles. The third-order valence-corrected chi connectivity index (χ3v) is 4.44. The number of nitrogens with one attached hydrogen (secondary N) is 1. The van der Waals surface area contributed by atoms with Crippen molar-refractivity contribution in [3.63, 3.8) is 0 Å². The van der Waals surface area contributed by atoms with Crippen LogP contribution in [0.1, 0.15) is 0 Å². The highest BCUT2D eigenvalue weighted by Gasteiger charge is 2.05. The van der Waals surface area contributed by atoms with Crippen LogP contribution in [-0.2, 0) is 0 Å².